The van der Waals surface area contributed by atoms with Gasteiger partial charge in [-0.2, -0.15) is 0 Å². The average Bonchev–Trinajstić information content (AvgIpc) is 2.49. The molecule has 0 saturated carbocycles. The maximum atomic E-state index is 13.6. The molecule has 1 aromatic heterocycles. The van der Waals surface area contributed by atoms with E-state index in [1.165, 1.54) is 6.07 Å². The van der Waals surface area contributed by atoms with E-state index in [-0.39, 0.29) is 4.47 Å². The molecular formula is C16H11BrFNO. The third-order valence-electron chi connectivity index (χ3n) is 3.23. The van der Waals surface area contributed by atoms with Gasteiger partial charge >= 0.3 is 0 Å². The minimum Gasteiger partial charge on any atom is -0.384 e. The molecule has 3 rings (SSSR count). The first-order chi connectivity index (χ1) is 9.68. The smallest absolute Gasteiger partial charge is 0.137 e. The highest BCUT2D eigenvalue weighted by Gasteiger charge is 2.18. The molecule has 0 bridgehead atoms. The molecule has 0 radical (unpaired) electrons. The summed E-state index contributed by atoms with van der Waals surface area (Å²) in [5.41, 5.74) is 1.87. The number of aliphatic hydroxyl groups excluding tert-OH is 1. The van der Waals surface area contributed by atoms with Crippen LogP contribution in [-0.2, 0) is 0 Å². The summed E-state index contributed by atoms with van der Waals surface area (Å²) in [4.78, 5) is 4.31. The molecule has 3 aromatic rings. The Morgan fingerprint density at radius 1 is 1.00 bits per heavy atom. The summed E-state index contributed by atoms with van der Waals surface area (Å²) in [7, 11) is 0. The predicted octanol–water partition coefficient (Wildman–Crippen LogP) is 4.22. The SMILES string of the molecule is OC(c1cccc(F)c1Br)c1cccc2cccnc12. The fourth-order valence-corrected chi connectivity index (χ4v) is 2.73. The minimum atomic E-state index is -0.932. The second-order valence-electron chi connectivity index (χ2n) is 4.47. The van der Waals surface area contributed by atoms with Gasteiger partial charge in [0.1, 0.15) is 11.9 Å². The van der Waals surface area contributed by atoms with Crippen molar-refractivity contribution in [1.82, 2.24) is 4.98 Å². The van der Waals surface area contributed by atoms with E-state index in [4.69, 9.17) is 0 Å². The summed E-state index contributed by atoms with van der Waals surface area (Å²) in [6, 6.07) is 14.0. The Labute approximate surface area is 124 Å². The van der Waals surface area contributed by atoms with Crippen LogP contribution in [0.5, 0.6) is 0 Å². The van der Waals surface area contributed by atoms with Crippen molar-refractivity contribution in [1.29, 1.82) is 0 Å². The number of aromatic nitrogens is 1. The first kappa shape index (κ1) is 13.2. The van der Waals surface area contributed by atoms with E-state index in [0.29, 0.717) is 11.1 Å². The first-order valence-corrected chi connectivity index (χ1v) is 6.93. The van der Waals surface area contributed by atoms with Gasteiger partial charge in [-0.25, -0.2) is 4.39 Å². The molecule has 0 fully saturated rings. The molecule has 4 heteroatoms. The van der Waals surface area contributed by atoms with Crippen LogP contribution in [0.25, 0.3) is 10.9 Å². The molecule has 0 aliphatic heterocycles. The standard InChI is InChI=1S/C16H11BrFNO/c17-14-11(6-2-8-13(14)18)16(20)12-7-1-4-10-5-3-9-19-15(10)12/h1-9,16,20H. The van der Waals surface area contributed by atoms with Crippen LogP contribution in [0, 0.1) is 5.82 Å². The highest BCUT2D eigenvalue weighted by molar-refractivity contribution is 9.10. The van der Waals surface area contributed by atoms with Crippen molar-refractivity contribution in [2.45, 2.75) is 6.10 Å². The van der Waals surface area contributed by atoms with E-state index in [1.807, 2.05) is 24.3 Å². The normalized spacial score (nSPS) is 12.6. The van der Waals surface area contributed by atoms with Crippen LogP contribution in [0.2, 0.25) is 0 Å². The molecule has 0 saturated heterocycles. The highest BCUT2D eigenvalue weighted by atomic mass is 79.9. The number of rotatable bonds is 2. The van der Waals surface area contributed by atoms with Gasteiger partial charge in [-0.3, -0.25) is 4.98 Å². The summed E-state index contributed by atoms with van der Waals surface area (Å²) in [5.74, 6) is -0.394. The van der Waals surface area contributed by atoms with Crippen molar-refractivity contribution < 1.29 is 9.50 Å². The summed E-state index contributed by atoms with van der Waals surface area (Å²) >= 11 is 3.19. The Hall–Kier alpha value is -1.78. The quantitative estimate of drug-likeness (QED) is 0.762. The fraction of sp³-hybridized carbons (Fsp3) is 0.0625. The van der Waals surface area contributed by atoms with Gasteiger partial charge in [-0.15, -0.1) is 0 Å². The zero-order valence-corrected chi connectivity index (χ0v) is 12.0. The Morgan fingerprint density at radius 2 is 1.70 bits per heavy atom. The van der Waals surface area contributed by atoms with Crippen LogP contribution < -0.4 is 0 Å². The van der Waals surface area contributed by atoms with Gasteiger partial charge in [0.15, 0.2) is 0 Å². The van der Waals surface area contributed by atoms with Gasteiger partial charge in [0.2, 0.25) is 0 Å². The Bertz CT molecular complexity index is 770. The molecule has 0 amide bonds. The lowest BCUT2D eigenvalue weighted by Gasteiger charge is -2.15. The van der Waals surface area contributed by atoms with E-state index >= 15 is 0 Å². The number of benzene rings is 2. The monoisotopic (exact) mass is 331 g/mol. The molecule has 0 aliphatic rings. The maximum absolute atomic E-state index is 13.6. The number of nitrogens with zero attached hydrogens (tertiary/aromatic N) is 1. The van der Waals surface area contributed by atoms with Gasteiger partial charge in [-0.1, -0.05) is 36.4 Å². The Balaban J connectivity index is 2.18. The summed E-state index contributed by atoms with van der Waals surface area (Å²) in [6.45, 7) is 0. The lowest BCUT2D eigenvalue weighted by atomic mass is 9.99. The van der Waals surface area contributed by atoms with E-state index in [9.17, 15) is 9.50 Å². The lowest BCUT2D eigenvalue weighted by Crippen LogP contribution is -2.03. The molecular weight excluding hydrogens is 321 g/mol. The largest absolute Gasteiger partial charge is 0.384 e. The molecule has 0 aliphatic carbocycles. The molecule has 1 N–H and O–H groups in total. The van der Waals surface area contributed by atoms with Crippen LogP contribution in [0.4, 0.5) is 4.39 Å². The summed E-state index contributed by atoms with van der Waals surface area (Å²) < 4.78 is 13.9. The van der Waals surface area contributed by atoms with Crippen molar-refractivity contribution in [3.63, 3.8) is 0 Å². The maximum Gasteiger partial charge on any atom is 0.137 e. The van der Waals surface area contributed by atoms with Crippen LogP contribution in [0.3, 0.4) is 0 Å². The lowest BCUT2D eigenvalue weighted by molar-refractivity contribution is 0.220. The number of halogens is 2. The number of para-hydroxylation sites is 1. The van der Waals surface area contributed by atoms with Gasteiger partial charge in [0.05, 0.1) is 9.99 Å². The van der Waals surface area contributed by atoms with Crippen molar-refractivity contribution in [3.05, 3.63) is 76.1 Å². The second kappa shape index (κ2) is 5.31. The molecule has 2 nitrogen and oxygen atoms in total. The van der Waals surface area contributed by atoms with Crippen molar-refractivity contribution in [3.8, 4) is 0 Å². The summed E-state index contributed by atoms with van der Waals surface area (Å²) in [6.07, 6.45) is 0.748. The van der Waals surface area contributed by atoms with Crippen molar-refractivity contribution >= 4 is 26.8 Å². The van der Waals surface area contributed by atoms with E-state index in [2.05, 4.69) is 20.9 Å². The first-order valence-electron chi connectivity index (χ1n) is 6.14. The molecule has 20 heavy (non-hydrogen) atoms. The number of pyridine rings is 1. The van der Waals surface area contributed by atoms with Gasteiger partial charge in [0.25, 0.3) is 0 Å². The van der Waals surface area contributed by atoms with Crippen LogP contribution in [0.1, 0.15) is 17.2 Å². The number of fused-ring (bicyclic) bond motifs is 1. The second-order valence-corrected chi connectivity index (χ2v) is 5.26. The molecule has 0 spiro atoms. The van der Waals surface area contributed by atoms with Crippen molar-refractivity contribution in [2.24, 2.45) is 0 Å². The zero-order chi connectivity index (χ0) is 14.1. The number of hydrogen-bond donors (Lipinski definition) is 1. The molecule has 2 aromatic carbocycles. The molecule has 1 atom stereocenters. The van der Waals surface area contributed by atoms with E-state index in [0.717, 1.165) is 10.9 Å². The summed E-state index contributed by atoms with van der Waals surface area (Å²) in [5, 5.41) is 11.5. The van der Waals surface area contributed by atoms with Crippen LogP contribution in [0.15, 0.2) is 59.2 Å². The number of hydrogen-bond acceptors (Lipinski definition) is 2. The number of aliphatic hydroxyl groups is 1. The van der Waals surface area contributed by atoms with Gasteiger partial charge < -0.3 is 5.11 Å². The predicted molar refractivity (Wildman–Crippen MR) is 79.9 cm³/mol. The Kier molecular flexibility index (Phi) is 3.51. The third-order valence-corrected chi connectivity index (χ3v) is 4.07. The van der Waals surface area contributed by atoms with E-state index < -0.39 is 11.9 Å². The third kappa shape index (κ3) is 2.21. The topological polar surface area (TPSA) is 33.1 Å². The van der Waals surface area contributed by atoms with Gasteiger partial charge in [0, 0.05) is 22.7 Å². The Morgan fingerprint density at radius 3 is 2.55 bits per heavy atom. The highest BCUT2D eigenvalue weighted by Crippen LogP contribution is 2.32. The molecule has 100 valence electrons. The fourth-order valence-electron chi connectivity index (χ4n) is 2.25. The van der Waals surface area contributed by atoms with E-state index in [1.54, 1.807) is 24.4 Å². The zero-order valence-electron chi connectivity index (χ0n) is 10.4. The van der Waals surface area contributed by atoms with Crippen LogP contribution in [-0.4, -0.2) is 10.1 Å². The average molecular weight is 332 g/mol. The van der Waals surface area contributed by atoms with Crippen molar-refractivity contribution in [2.75, 3.05) is 0 Å². The molecule has 1 unspecified atom stereocenters. The van der Waals surface area contributed by atoms with Crippen LogP contribution >= 0.6 is 15.9 Å². The molecule has 1 heterocycles. The minimum absolute atomic E-state index is 0.278. The van der Waals surface area contributed by atoms with Gasteiger partial charge in [-0.05, 0) is 28.1 Å².